The quantitative estimate of drug-likeness (QED) is 0.0525. The molecule has 0 bridgehead atoms. The zero-order valence-electron chi connectivity index (χ0n) is 31.5. The van der Waals surface area contributed by atoms with Crippen LogP contribution in [-0.4, -0.2) is 59.7 Å². The van der Waals surface area contributed by atoms with Gasteiger partial charge in [0.25, 0.3) is 0 Å². The third-order valence-electron chi connectivity index (χ3n) is 9.31. The Kier molecular flexibility index (Phi) is 12.5. The zero-order chi connectivity index (χ0) is 38.7. The summed E-state index contributed by atoms with van der Waals surface area (Å²) in [6.45, 7) is 8.54. The molecule has 12 heteroatoms. The third-order valence-corrected chi connectivity index (χ3v) is 9.31. The summed E-state index contributed by atoms with van der Waals surface area (Å²) < 4.78 is 68.3. The molecule has 4 aromatic carbocycles. The van der Waals surface area contributed by atoms with Crippen LogP contribution in [-0.2, 0) is 56.8 Å². The lowest BCUT2D eigenvalue weighted by molar-refractivity contribution is -0.128. The van der Waals surface area contributed by atoms with Gasteiger partial charge in [-0.2, -0.15) is 0 Å². The van der Waals surface area contributed by atoms with Gasteiger partial charge in [0.1, 0.15) is 24.1 Å². The van der Waals surface area contributed by atoms with Gasteiger partial charge in [-0.1, -0.05) is 42.5 Å². The van der Waals surface area contributed by atoms with Crippen LogP contribution in [0.2, 0.25) is 0 Å². The monoisotopic (exact) mass is 760 g/mol. The maximum Gasteiger partial charge on any atom is 0.240 e. The van der Waals surface area contributed by atoms with E-state index in [1.54, 1.807) is 0 Å². The molecular formula is C44H40O12. The first kappa shape index (κ1) is 38.0. The van der Waals surface area contributed by atoms with Crippen molar-refractivity contribution in [2.24, 2.45) is 0 Å². The molecule has 0 aromatic heterocycles. The van der Waals surface area contributed by atoms with Crippen molar-refractivity contribution in [3.8, 4) is 48.9 Å². The summed E-state index contributed by atoms with van der Waals surface area (Å²) in [5.41, 5.74) is 2.85. The molecule has 3 aliphatic rings. The number of hydrogen-bond donors (Lipinski definition) is 0. The second-order valence-corrected chi connectivity index (χ2v) is 12.2. The van der Waals surface area contributed by atoms with E-state index in [-0.39, 0.29) is 27.2 Å². The summed E-state index contributed by atoms with van der Waals surface area (Å²) in [6.07, 6.45) is 21.2. The summed E-state index contributed by atoms with van der Waals surface area (Å²) in [6, 6.07) is 12.5. The van der Waals surface area contributed by atoms with Gasteiger partial charge in [-0.25, -0.2) is 0 Å². The van der Waals surface area contributed by atoms with E-state index in [1.807, 2.05) is 27.7 Å². The molecule has 3 aliphatic carbocycles. The molecule has 12 nitrogen and oxygen atoms in total. The van der Waals surface area contributed by atoms with Crippen molar-refractivity contribution in [2.75, 3.05) is 53.6 Å². The minimum absolute atomic E-state index is 0.127. The number of rotatable bonds is 16. The van der Waals surface area contributed by atoms with Crippen LogP contribution in [0, 0.1) is 48.9 Å². The van der Waals surface area contributed by atoms with Gasteiger partial charge in [-0.15, -0.1) is 0 Å². The fourth-order valence-corrected chi connectivity index (χ4v) is 7.36. The van der Waals surface area contributed by atoms with E-state index in [0.717, 1.165) is 64.7 Å². The average molecular weight is 761 g/mol. The van der Waals surface area contributed by atoms with Crippen LogP contribution in [0.5, 0.6) is 0 Å². The third kappa shape index (κ3) is 7.52. The predicted molar refractivity (Wildman–Crippen MR) is 204 cm³/mol. The van der Waals surface area contributed by atoms with Gasteiger partial charge in [-0.3, -0.25) is 0 Å². The zero-order valence-corrected chi connectivity index (χ0v) is 31.5. The van der Waals surface area contributed by atoms with Crippen LogP contribution >= 0.6 is 0 Å². The molecule has 7 rings (SSSR count). The minimum Gasteiger partial charge on any atom is -0.457 e. The van der Waals surface area contributed by atoms with E-state index >= 15 is 0 Å². The highest BCUT2D eigenvalue weighted by Gasteiger charge is 2.39. The van der Waals surface area contributed by atoms with E-state index in [1.165, 1.54) is 0 Å². The Hall–Kier alpha value is -6.28. The van der Waals surface area contributed by atoms with Crippen molar-refractivity contribution >= 4 is 49.7 Å². The lowest BCUT2D eigenvalue weighted by atomic mass is 9.75. The fraction of sp³-hybridized carbons (Fsp3) is 0.364. The lowest BCUT2D eigenvalue weighted by Gasteiger charge is -2.36. The van der Waals surface area contributed by atoms with Crippen molar-refractivity contribution in [3.63, 3.8) is 0 Å². The van der Waals surface area contributed by atoms with Crippen molar-refractivity contribution < 1.29 is 56.8 Å². The summed E-state index contributed by atoms with van der Waals surface area (Å²) in [4.78, 5) is 0. The van der Waals surface area contributed by atoms with E-state index in [2.05, 4.69) is 91.3 Å². The number of ether oxygens (including phenoxy) is 12. The summed E-state index contributed by atoms with van der Waals surface area (Å²) in [5, 5.41) is 9.31. The normalized spacial score (nSPS) is 16.6. The molecule has 0 amide bonds. The molecule has 0 saturated carbocycles. The maximum atomic E-state index is 6.50. The van der Waals surface area contributed by atoms with Crippen LogP contribution in [0.15, 0.2) is 36.4 Å². The first-order chi connectivity index (χ1) is 27.7. The van der Waals surface area contributed by atoms with Crippen LogP contribution in [0.25, 0.3) is 49.7 Å². The lowest BCUT2D eigenvalue weighted by Crippen LogP contribution is -2.39. The molecule has 0 radical (unpaired) electrons. The first-order valence-electron chi connectivity index (χ1n) is 18.4. The molecule has 3 atom stereocenters. The fourth-order valence-electron chi connectivity index (χ4n) is 7.36. The number of benzene rings is 4. The van der Waals surface area contributed by atoms with Crippen LogP contribution < -0.4 is 15.7 Å². The van der Waals surface area contributed by atoms with Gasteiger partial charge in [-0.05, 0) is 88.2 Å². The molecule has 0 aliphatic heterocycles. The summed E-state index contributed by atoms with van der Waals surface area (Å²) in [5.74, 6) is 0.540. The van der Waals surface area contributed by atoms with Crippen LogP contribution in [0.4, 0.5) is 0 Å². The molecule has 0 N–H and O–H groups in total. The maximum absolute atomic E-state index is 6.50. The molecular weight excluding hydrogens is 720 g/mol. The van der Waals surface area contributed by atoms with Gasteiger partial charge in [0.05, 0.1) is 26.4 Å². The predicted octanol–water partition coefficient (Wildman–Crippen LogP) is 4.57. The second-order valence-electron chi connectivity index (χ2n) is 12.2. The molecule has 0 saturated heterocycles. The average Bonchev–Trinajstić information content (AvgIpc) is 3.22. The topological polar surface area (TPSA) is 111 Å². The highest BCUT2D eigenvalue weighted by atomic mass is 16.7. The Morgan fingerprint density at radius 2 is 1.05 bits per heavy atom. The molecule has 288 valence electrons. The van der Waals surface area contributed by atoms with Crippen molar-refractivity contribution in [1.29, 1.82) is 0 Å². The Morgan fingerprint density at radius 3 is 1.68 bits per heavy atom. The SMILES string of the molecule is CCOC#COCOC1=c2ccc3c4c5c6c(ccc7ccc(c(c24)c76)C1OCOC#COCC)C(OCOC#COCC)C(OCOC#COCC)C=5CC=3. The molecule has 0 fully saturated rings. The second kappa shape index (κ2) is 18.4. The van der Waals surface area contributed by atoms with Crippen molar-refractivity contribution in [1.82, 2.24) is 0 Å². The Bertz CT molecular complexity index is 2530. The van der Waals surface area contributed by atoms with Crippen molar-refractivity contribution in [2.45, 2.75) is 52.4 Å². The standard InChI is InChI=1S/C44H40O12/c1-5-45-17-21-49-25-53-41-31-13-9-29-11-15-33-39-35(29)37(31)38-32(42(41)54-26-50-22-18-46-6-2)14-10-30-12-16-34(40(39)36(30)38)44(56-28-52-24-20-48-8-4)43(33)55-27-51-23-19-47-7-3/h9-15,41,43-44H,5-8,16,25-28H2,1-4H3. The Labute approximate surface area is 324 Å². The van der Waals surface area contributed by atoms with Crippen LogP contribution in [0.3, 0.4) is 0 Å². The number of hydrogen-bond acceptors (Lipinski definition) is 12. The molecule has 56 heavy (non-hydrogen) atoms. The van der Waals surface area contributed by atoms with E-state index in [4.69, 9.17) is 56.8 Å². The molecule has 3 unspecified atom stereocenters. The van der Waals surface area contributed by atoms with Gasteiger partial charge < -0.3 is 56.8 Å². The smallest absolute Gasteiger partial charge is 0.240 e. The van der Waals surface area contributed by atoms with E-state index in [9.17, 15) is 0 Å². The highest BCUT2D eigenvalue weighted by molar-refractivity contribution is 6.25. The Balaban J connectivity index is 1.42. The van der Waals surface area contributed by atoms with Crippen molar-refractivity contribution in [3.05, 3.63) is 63.2 Å². The highest BCUT2D eigenvalue weighted by Crippen LogP contribution is 2.46. The van der Waals surface area contributed by atoms with Gasteiger partial charge in [0.2, 0.25) is 27.2 Å². The molecule has 0 heterocycles. The molecule has 0 spiro atoms. The minimum atomic E-state index is -0.690. The van der Waals surface area contributed by atoms with Gasteiger partial charge >= 0.3 is 0 Å². The molecule has 4 aromatic rings. The summed E-state index contributed by atoms with van der Waals surface area (Å²) in [7, 11) is 0. The summed E-state index contributed by atoms with van der Waals surface area (Å²) >= 11 is 0. The largest absolute Gasteiger partial charge is 0.457 e. The van der Waals surface area contributed by atoms with Gasteiger partial charge in [0.15, 0.2) is 48.9 Å². The van der Waals surface area contributed by atoms with Crippen LogP contribution in [0.1, 0.15) is 57.5 Å². The Morgan fingerprint density at radius 1 is 0.500 bits per heavy atom. The first-order valence-corrected chi connectivity index (χ1v) is 18.4. The van der Waals surface area contributed by atoms with E-state index < -0.39 is 18.3 Å². The van der Waals surface area contributed by atoms with Gasteiger partial charge in [0, 0.05) is 10.6 Å². The van der Waals surface area contributed by atoms with E-state index in [0.29, 0.717) is 38.6 Å².